The Hall–Kier alpha value is -3.66. The molecule has 0 fully saturated rings. The first-order valence-electron chi connectivity index (χ1n) is 10.4. The summed E-state index contributed by atoms with van der Waals surface area (Å²) in [5, 5.41) is 0. The number of aliphatic imine (C=N–C) groups is 4. The molecule has 0 aromatic heterocycles. The number of hydrogen-bond donors (Lipinski definition) is 0. The van der Waals surface area contributed by atoms with Gasteiger partial charge in [-0.2, -0.15) is 0 Å². The van der Waals surface area contributed by atoms with Crippen LogP contribution in [0.2, 0.25) is 0 Å². The molecule has 4 heteroatoms. The van der Waals surface area contributed by atoms with E-state index < -0.39 is 0 Å². The van der Waals surface area contributed by atoms with Crippen molar-refractivity contribution in [1.29, 1.82) is 0 Å². The Labute approximate surface area is 184 Å². The van der Waals surface area contributed by atoms with E-state index in [9.17, 15) is 0 Å². The van der Waals surface area contributed by atoms with Crippen molar-refractivity contribution in [2.75, 3.05) is 0 Å². The molecule has 0 N–H and O–H groups in total. The summed E-state index contributed by atoms with van der Waals surface area (Å²) in [6.07, 6.45) is 9.97. The number of nitrogens with zero attached hydrogens (tertiary/aromatic N) is 4. The van der Waals surface area contributed by atoms with E-state index in [0.29, 0.717) is 0 Å². The summed E-state index contributed by atoms with van der Waals surface area (Å²) in [7, 11) is 0. The van der Waals surface area contributed by atoms with E-state index >= 15 is 0 Å². The summed E-state index contributed by atoms with van der Waals surface area (Å²) in [5.41, 5.74) is 8.13. The summed E-state index contributed by atoms with van der Waals surface area (Å²) in [6.45, 7) is 11.5. The third-order valence-corrected chi connectivity index (χ3v) is 4.94. The van der Waals surface area contributed by atoms with Gasteiger partial charge in [-0.05, 0) is 79.6 Å². The molecule has 1 aliphatic rings. The molecule has 3 rings (SSSR count). The van der Waals surface area contributed by atoms with Gasteiger partial charge in [-0.3, -0.25) is 20.0 Å². The molecule has 0 amide bonds. The van der Waals surface area contributed by atoms with Crippen LogP contribution in [-0.2, 0) is 6.42 Å². The number of rotatable bonds is 8. The zero-order valence-corrected chi connectivity index (χ0v) is 18.3. The smallest absolute Gasteiger partial charge is 0.0835 e. The maximum Gasteiger partial charge on any atom is 0.0835 e. The molecule has 1 aliphatic heterocycles. The largest absolute Gasteiger partial charge is 0.260 e. The minimum Gasteiger partial charge on any atom is -0.260 e. The molecule has 2 aromatic carbocycles. The predicted octanol–water partition coefficient (Wildman–Crippen LogP) is 6.98. The van der Waals surface area contributed by atoms with E-state index in [1.165, 1.54) is 22.9 Å². The first-order valence-corrected chi connectivity index (χ1v) is 10.4. The molecule has 156 valence electrons. The minimum atomic E-state index is 0.726. The Morgan fingerprint density at radius 2 is 1.61 bits per heavy atom. The molecule has 2 aromatic rings. The normalized spacial score (nSPS) is 14.6. The van der Waals surface area contributed by atoms with Gasteiger partial charge < -0.3 is 0 Å². The quantitative estimate of drug-likeness (QED) is 0.423. The van der Waals surface area contributed by atoms with Gasteiger partial charge >= 0.3 is 0 Å². The zero-order chi connectivity index (χ0) is 22.1. The third-order valence-electron chi connectivity index (χ3n) is 4.94. The van der Waals surface area contributed by atoms with E-state index in [0.717, 1.165) is 47.6 Å². The van der Waals surface area contributed by atoms with Gasteiger partial charge in [0.1, 0.15) is 0 Å². The average Bonchev–Trinajstić information content (AvgIpc) is 2.78. The van der Waals surface area contributed by atoms with Gasteiger partial charge in [0.2, 0.25) is 0 Å². The van der Waals surface area contributed by atoms with Crippen molar-refractivity contribution in [3.05, 3.63) is 95.9 Å². The number of benzene rings is 2. The van der Waals surface area contributed by atoms with Crippen molar-refractivity contribution < 1.29 is 0 Å². The number of allylic oxidation sites excluding steroid dienone is 3. The van der Waals surface area contributed by atoms with Crippen molar-refractivity contribution in [3.63, 3.8) is 0 Å². The lowest BCUT2D eigenvalue weighted by Gasteiger charge is -2.07. The Bertz CT molecular complexity index is 1080. The lowest BCUT2D eigenvalue weighted by atomic mass is 10.0. The Morgan fingerprint density at radius 3 is 2.16 bits per heavy atom. The lowest BCUT2D eigenvalue weighted by Crippen LogP contribution is -1.99. The van der Waals surface area contributed by atoms with Gasteiger partial charge in [-0.25, -0.2) is 0 Å². The standard InChI is InChI=1S/C27H28N4/c1-5-28-26(20(2)3)18-30-24-12-8-22(9-13-24)17-23-10-14-25(15-11-23)31-19-27-21(4)7-6-16-29-27/h5,8-16,18-19H,1-2,6-7,17H2,3-4H3. The molecule has 31 heavy (non-hydrogen) atoms. The number of hydrogen-bond acceptors (Lipinski definition) is 4. The Balaban J connectivity index is 1.61. The first kappa shape index (κ1) is 22.0. The molecule has 0 saturated heterocycles. The molecular formula is C27H28N4. The van der Waals surface area contributed by atoms with E-state index in [4.69, 9.17) is 0 Å². The maximum atomic E-state index is 4.57. The summed E-state index contributed by atoms with van der Waals surface area (Å²) in [6, 6.07) is 16.5. The van der Waals surface area contributed by atoms with Gasteiger partial charge in [0.05, 0.1) is 35.2 Å². The Morgan fingerprint density at radius 1 is 1.00 bits per heavy atom. The van der Waals surface area contributed by atoms with Gasteiger partial charge in [0.25, 0.3) is 0 Å². The van der Waals surface area contributed by atoms with Crippen molar-refractivity contribution in [2.45, 2.75) is 33.1 Å². The fourth-order valence-corrected chi connectivity index (χ4v) is 3.08. The minimum absolute atomic E-state index is 0.726. The highest BCUT2D eigenvalue weighted by Crippen LogP contribution is 2.20. The molecular weight excluding hydrogens is 380 g/mol. The molecule has 0 spiro atoms. The Kier molecular flexibility index (Phi) is 7.77. The summed E-state index contributed by atoms with van der Waals surface area (Å²) in [5.74, 6) is 0. The lowest BCUT2D eigenvalue weighted by molar-refractivity contribution is 0.981. The topological polar surface area (TPSA) is 49.4 Å². The van der Waals surface area contributed by atoms with Crippen LogP contribution in [0.4, 0.5) is 11.4 Å². The highest BCUT2D eigenvalue weighted by molar-refractivity contribution is 6.38. The van der Waals surface area contributed by atoms with Gasteiger partial charge in [-0.1, -0.05) is 37.4 Å². The van der Waals surface area contributed by atoms with Crippen molar-refractivity contribution in [2.24, 2.45) is 20.0 Å². The van der Waals surface area contributed by atoms with E-state index in [2.05, 4.69) is 64.3 Å². The summed E-state index contributed by atoms with van der Waals surface area (Å²) < 4.78 is 0. The molecule has 4 nitrogen and oxygen atoms in total. The molecule has 0 saturated carbocycles. The molecule has 0 atom stereocenters. The van der Waals surface area contributed by atoms with Crippen molar-refractivity contribution in [3.8, 4) is 0 Å². The summed E-state index contributed by atoms with van der Waals surface area (Å²) in [4.78, 5) is 17.6. The second kappa shape index (κ2) is 10.9. The second-order valence-corrected chi connectivity index (χ2v) is 7.52. The van der Waals surface area contributed by atoms with Gasteiger partial charge in [0, 0.05) is 12.4 Å². The molecule has 0 bridgehead atoms. The van der Waals surface area contributed by atoms with Gasteiger partial charge in [-0.15, -0.1) is 0 Å². The van der Waals surface area contributed by atoms with Crippen molar-refractivity contribution >= 4 is 35.7 Å². The maximum absolute atomic E-state index is 4.57. The van der Waals surface area contributed by atoms with Crippen LogP contribution in [0.3, 0.4) is 0 Å². The highest BCUT2D eigenvalue weighted by Gasteiger charge is 2.03. The van der Waals surface area contributed by atoms with Crippen LogP contribution in [-0.4, -0.2) is 24.4 Å². The van der Waals surface area contributed by atoms with E-state index in [1.54, 1.807) is 6.21 Å². The van der Waals surface area contributed by atoms with Crippen molar-refractivity contribution in [1.82, 2.24) is 0 Å². The van der Waals surface area contributed by atoms with Crippen LogP contribution in [0.15, 0.2) is 105 Å². The monoisotopic (exact) mass is 408 g/mol. The van der Waals surface area contributed by atoms with Crippen LogP contribution in [0.25, 0.3) is 0 Å². The second-order valence-electron chi connectivity index (χ2n) is 7.52. The molecule has 0 aliphatic carbocycles. The first-order chi connectivity index (χ1) is 15.0. The average molecular weight is 409 g/mol. The van der Waals surface area contributed by atoms with Crippen LogP contribution in [0, 0.1) is 0 Å². The molecule has 0 radical (unpaired) electrons. The fraction of sp³-hybridized carbons (Fsp3) is 0.185. The van der Waals surface area contributed by atoms with Crippen LogP contribution in [0.1, 0.15) is 37.8 Å². The van der Waals surface area contributed by atoms with Gasteiger partial charge in [0.15, 0.2) is 0 Å². The van der Waals surface area contributed by atoms with E-state index in [1.807, 2.05) is 43.6 Å². The predicted molar refractivity (Wildman–Crippen MR) is 135 cm³/mol. The highest BCUT2D eigenvalue weighted by atomic mass is 14.8. The van der Waals surface area contributed by atoms with Crippen LogP contribution in [0.5, 0.6) is 0 Å². The zero-order valence-electron chi connectivity index (χ0n) is 18.3. The molecule has 0 unspecified atom stereocenters. The molecule has 1 heterocycles. The van der Waals surface area contributed by atoms with Crippen LogP contribution >= 0.6 is 0 Å². The van der Waals surface area contributed by atoms with Crippen LogP contribution < -0.4 is 0 Å². The fourth-order valence-electron chi connectivity index (χ4n) is 3.08. The van der Waals surface area contributed by atoms with E-state index in [-0.39, 0.29) is 0 Å². The SMILES string of the molecule is C=CN=C(C=Nc1ccc(Cc2ccc(N=CC3=C(C)CCC=N3)cc2)cc1)C(=C)C. The summed E-state index contributed by atoms with van der Waals surface area (Å²) >= 11 is 0. The third kappa shape index (κ3) is 6.68.